The summed E-state index contributed by atoms with van der Waals surface area (Å²) in [5.74, 6) is 0.399. The Morgan fingerprint density at radius 2 is 2.17 bits per heavy atom. The van der Waals surface area contributed by atoms with Crippen molar-refractivity contribution in [3.05, 3.63) is 20.2 Å². The average molecular weight is 270 g/mol. The number of aryl methyl sites for hydroxylation is 1. The highest BCUT2D eigenvalue weighted by atomic mass is 32.1. The first-order chi connectivity index (χ1) is 8.58. The second-order valence-corrected chi connectivity index (χ2v) is 5.58. The molecule has 1 amide bonds. The molecular weight excluding hydrogens is 248 g/mol. The molecule has 1 aromatic rings. The molecule has 102 valence electrons. The largest absolute Gasteiger partial charge is 0.351 e. The SMILES string of the molecule is CCCCC(CC)CNC(=O)c1sc(=O)[nH]c1C. The Hall–Kier alpha value is -1.10. The molecule has 0 aromatic carbocycles. The van der Waals surface area contributed by atoms with Crippen molar-refractivity contribution in [3.63, 3.8) is 0 Å². The lowest BCUT2D eigenvalue weighted by molar-refractivity contribution is 0.0949. The van der Waals surface area contributed by atoms with Crippen LogP contribution in [0.3, 0.4) is 0 Å². The first kappa shape index (κ1) is 15.0. The fourth-order valence-electron chi connectivity index (χ4n) is 1.88. The minimum Gasteiger partial charge on any atom is -0.351 e. The molecule has 1 atom stereocenters. The van der Waals surface area contributed by atoms with E-state index in [1.807, 2.05) is 0 Å². The van der Waals surface area contributed by atoms with Gasteiger partial charge in [-0.1, -0.05) is 44.4 Å². The van der Waals surface area contributed by atoms with Crippen molar-refractivity contribution >= 4 is 17.2 Å². The number of hydrogen-bond donors (Lipinski definition) is 2. The van der Waals surface area contributed by atoms with Crippen molar-refractivity contribution in [1.82, 2.24) is 10.3 Å². The van der Waals surface area contributed by atoms with Crippen LogP contribution in [0.5, 0.6) is 0 Å². The highest BCUT2D eigenvalue weighted by Gasteiger charge is 2.14. The van der Waals surface area contributed by atoms with Gasteiger partial charge in [0, 0.05) is 12.2 Å². The van der Waals surface area contributed by atoms with Crippen LogP contribution in [0.2, 0.25) is 0 Å². The average Bonchev–Trinajstić information content (AvgIpc) is 2.68. The van der Waals surface area contributed by atoms with E-state index in [0.717, 1.165) is 24.2 Å². The van der Waals surface area contributed by atoms with Crippen LogP contribution in [0.1, 0.15) is 54.9 Å². The van der Waals surface area contributed by atoms with E-state index in [1.165, 1.54) is 12.8 Å². The van der Waals surface area contributed by atoms with E-state index in [9.17, 15) is 9.59 Å². The summed E-state index contributed by atoms with van der Waals surface area (Å²) in [6.45, 7) is 6.76. The highest BCUT2D eigenvalue weighted by Crippen LogP contribution is 2.12. The lowest BCUT2D eigenvalue weighted by atomic mass is 9.99. The molecule has 0 bridgehead atoms. The maximum Gasteiger partial charge on any atom is 0.305 e. The fourth-order valence-corrected chi connectivity index (χ4v) is 2.64. The number of carbonyl (C=O) groups excluding carboxylic acids is 1. The Kier molecular flexibility index (Phi) is 6.12. The van der Waals surface area contributed by atoms with Gasteiger partial charge in [0.25, 0.3) is 5.91 Å². The van der Waals surface area contributed by atoms with Crippen LogP contribution in [-0.2, 0) is 0 Å². The monoisotopic (exact) mass is 270 g/mol. The van der Waals surface area contributed by atoms with E-state index >= 15 is 0 Å². The Balaban J connectivity index is 2.49. The predicted octanol–water partition coefficient (Wildman–Crippen LogP) is 2.69. The first-order valence-corrected chi connectivity index (χ1v) is 7.38. The van der Waals surface area contributed by atoms with Crippen LogP contribution in [0, 0.1) is 12.8 Å². The molecule has 5 heteroatoms. The van der Waals surface area contributed by atoms with Gasteiger partial charge in [0.15, 0.2) is 0 Å². The van der Waals surface area contributed by atoms with Crippen molar-refractivity contribution in [2.75, 3.05) is 6.54 Å². The topological polar surface area (TPSA) is 62.0 Å². The van der Waals surface area contributed by atoms with Gasteiger partial charge < -0.3 is 10.3 Å². The summed E-state index contributed by atoms with van der Waals surface area (Å²) in [5, 5.41) is 2.93. The normalized spacial score (nSPS) is 12.4. The summed E-state index contributed by atoms with van der Waals surface area (Å²) < 4.78 is 0. The lowest BCUT2D eigenvalue weighted by Gasteiger charge is -2.14. The molecule has 1 rings (SSSR count). The van der Waals surface area contributed by atoms with Crippen molar-refractivity contribution in [3.8, 4) is 0 Å². The standard InChI is InChI=1S/C13H22N2O2S/c1-4-6-7-10(5-2)8-14-12(16)11-9(3)15-13(17)18-11/h10H,4-8H2,1-3H3,(H,14,16)(H,15,17). The third kappa shape index (κ3) is 4.29. The van der Waals surface area contributed by atoms with Gasteiger partial charge in [0.05, 0.1) is 0 Å². The molecular formula is C13H22N2O2S. The zero-order chi connectivity index (χ0) is 13.5. The molecule has 2 N–H and O–H groups in total. The number of aromatic amines is 1. The maximum atomic E-state index is 11.9. The molecule has 0 fully saturated rings. The first-order valence-electron chi connectivity index (χ1n) is 6.56. The van der Waals surface area contributed by atoms with Gasteiger partial charge >= 0.3 is 4.87 Å². The van der Waals surface area contributed by atoms with Gasteiger partial charge in [-0.3, -0.25) is 9.59 Å². The number of carbonyl (C=O) groups is 1. The van der Waals surface area contributed by atoms with Gasteiger partial charge in [-0.05, 0) is 19.3 Å². The number of hydrogen-bond acceptors (Lipinski definition) is 3. The van der Waals surface area contributed by atoms with E-state index in [0.29, 0.717) is 23.0 Å². The molecule has 0 saturated heterocycles. The Bertz CT molecular complexity index is 436. The fraction of sp³-hybridized carbons (Fsp3) is 0.692. The quantitative estimate of drug-likeness (QED) is 0.800. The molecule has 0 aliphatic heterocycles. The number of rotatable bonds is 7. The summed E-state index contributed by atoms with van der Waals surface area (Å²) in [6, 6.07) is 0. The second kappa shape index (κ2) is 7.36. The third-order valence-electron chi connectivity index (χ3n) is 3.13. The van der Waals surface area contributed by atoms with Gasteiger partial charge in [0.2, 0.25) is 0 Å². The molecule has 1 aromatic heterocycles. The van der Waals surface area contributed by atoms with Gasteiger partial charge in [-0.2, -0.15) is 0 Å². The van der Waals surface area contributed by atoms with Crippen molar-refractivity contribution < 1.29 is 4.79 Å². The molecule has 18 heavy (non-hydrogen) atoms. The van der Waals surface area contributed by atoms with Crippen molar-refractivity contribution in [2.24, 2.45) is 5.92 Å². The van der Waals surface area contributed by atoms with Crippen LogP contribution in [0.25, 0.3) is 0 Å². The van der Waals surface area contributed by atoms with Crippen LogP contribution in [0.15, 0.2) is 4.79 Å². The molecule has 1 unspecified atom stereocenters. The summed E-state index contributed by atoms with van der Waals surface area (Å²) in [5.41, 5.74) is 0.657. The maximum absolute atomic E-state index is 11.9. The molecule has 0 spiro atoms. The third-order valence-corrected chi connectivity index (χ3v) is 4.11. The molecule has 4 nitrogen and oxygen atoms in total. The zero-order valence-corrected chi connectivity index (χ0v) is 12.2. The number of aromatic nitrogens is 1. The highest BCUT2D eigenvalue weighted by molar-refractivity contribution is 7.11. The van der Waals surface area contributed by atoms with Crippen LogP contribution in [0.4, 0.5) is 0 Å². The molecule has 0 radical (unpaired) electrons. The van der Waals surface area contributed by atoms with Gasteiger partial charge in [-0.25, -0.2) is 0 Å². The van der Waals surface area contributed by atoms with Crippen molar-refractivity contribution in [2.45, 2.75) is 46.5 Å². The summed E-state index contributed by atoms with van der Waals surface area (Å²) in [6.07, 6.45) is 4.60. The van der Waals surface area contributed by atoms with Crippen LogP contribution >= 0.6 is 11.3 Å². The van der Waals surface area contributed by atoms with E-state index in [4.69, 9.17) is 0 Å². The summed E-state index contributed by atoms with van der Waals surface area (Å²) in [4.78, 5) is 26.0. The second-order valence-electron chi connectivity index (χ2n) is 4.60. The van der Waals surface area contributed by atoms with E-state index in [2.05, 4.69) is 24.1 Å². The minimum atomic E-state index is -0.171. The van der Waals surface area contributed by atoms with Crippen LogP contribution in [-0.4, -0.2) is 17.4 Å². The molecule has 0 aliphatic carbocycles. The number of amides is 1. The smallest absolute Gasteiger partial charge is 0.305 e. The number of thiazole rings is 1. The van der Waals surface area contributed by atoms with E-state index in [1.54, 1.807) is 6.92 Å². The molecule has 1 heterocycles. The Labute approximate surface area is 112 Å². The Morgan fingerprint density at radius 3 is 2.67 bits per heavy atom. The minimum absolute atomic E-state index is 0.134. The molecule has 0 aliphatic rings. The van der Waals surface area contributed by atoms with E-state index < -0.39 is 0 Å². The van der Waals surface area contributed by atoms with Crippen molar-refractivity contribution in [1.29, 1.82) is 0 Å². The zero-order valence-electron chi connectivity index (χ0n) is 11.3. The predicted molar refractivity (Wildman–Crippen MR) is 75.3 cm³/mol. The number of H-pyrrole nitrogens is 1. The van der Waals surface area contributed by atoms with Gasteiger partial charge in [-0.15, -0.1) is 0 Å². The lowest BCUT2D eigenvalue weighted by Crippen LogP contribution is -2.29. The van der Waals surface area contributed by atoms with Crippen LogP contribution < -0.4 is 10.2 Å². The summed E-state index contributed by atoms with van der Waals surface area (Å²) in [7, 11) is 0. The van der Waals surface area contributed by atoms with Gasteiger partial charge in [0.1, 0.15) is 4.88 Å². The molecule has 0 saturated carbocycles. The van der Waals surface area contributed by atoms with E-state index in [-0.39, 0.29) is 10.8 Å². The Morgan fingerprint density at radius 1 is 1.44 bits per heavy atom. The summed E-state index contributed by atoms with van der Waals surface area (Å²) >= 11 is 0.976. The number of unbranched alkanes of at least 4 members (excludes halogenated alkanes) is 1. The number of nitrogens with one attached hydrogen (secondary N) is 2.